The number of guanidine groups is 1. The Kier molecular flexibility index (Phi) is 5.78. The van der Waals surface area contributed by atoms with Crippen molar-refractivity contribution in [2.45, 2.75) is 38.8 Å². The molecule has 2 aliphatic rings. The van der Waals surface area contributed by atoms with Crippen molar-refractivity contribution in [1.82, 2.24) is 0 Å². The standard InChI is InChI=1S/C17H25N3O2.HI/c1-17(2)14(13-5-4-10-22-15(13)17)20-16(18)19-11-6-8-12(21-3)9-7-11;/h6-9,13-15H,4-5,10H2,1-3H3,(H3,18,19,20);1H. The van der Waals surface area contributed by atoms with Gasteiger partial charge < -0.3 is 20.5 Å². The molecule has 1 aliphatic heterocycles. The Balaban J connectivity index is 0.00000192. The second-order valence-electron chi connectivity index (χ2n) is 6.73. The molecule has 1 saturated heterocycles. The van der Waals surface area contributed by atoms with Crippen molar-refractivity contribution in [3.63, 3.8) is 0 Å². The highest BCUT2D eigenvalue weighted by Gasteiger charge is 2.58. The highest BCUT2D eigenvalue weighted by atomic mass is 127. The molecule has 1 heterocycles. The van der Waals surface area contributed by atoms with Gasteiger partial charge in [-0.3, -0.25) is 0 Å². The highest BCUT2D eigenvalue weighted by molar-refractivity contribution is 14.0. The van der Waals surface area contributed by atoms with Gasteiger partial charge in [0, 0.05) is 23.6 Å². The molecule has 1 aromatic carbocycles. The van der Waals surface area contributed by atoms with Gasteiger partial charge in [-0.25, -0.2) is 4.99 Å². The predicted molar refractivity (Wildman–Crippen MR) is 104 cm³/mol. The number of halogens is 1. The monoisotopic (exact) mass is 431 g/mol. The van der Waals surface area contributed by atoms with Gasteiger partial charge in [-0.15, -0.1) is 24.0 Å². The van der Waals surface area contributed by atoms with E-state index in [4.69, 9.17) is 20.2 Å². The number of hydrogen-bond donors (Lipinski definition) is 2. The third-order valence-corrected chi connectivity index (χ3v) is 4.91. The number of ether oxygens (including phenoxy) is 2. The van der Waals surface area contributed by atoms with Crippen LogP contribution >= 0.6 is 24.0 Å². The summed E-state index contributed by atoms with van der Waals surface area (Å²) in [7, 11) is 1.65. The number of benzene rings is 1. The molecule has 3 atom stereocenters. The summed E-state index contributed by atoms with van der Waals surface area (Å²) in [6, 6.07) is 7.88. The summed E-state index contributed by atoms with van der Waals surface area (Å²) in [5, 5.41) is 3.16. The number of nitrogens with zero attached hydrogens (tertiary/aromatic N) is 1. The van der Waals surface area contributed by atoms with Gasteiger partial charge in [0.05, 0.1) is 19.3 Å². The van der Waals surface area contributed by atoms with Crippen LogP contribution in [0.5, 0.6) is 5.75 Å². The van der Waals surface area contributed by atoms with Crippen LogP contribution < -0.4 is 15.8 Å². The first kappa shape index (κ1) is 18.3. The molecule has 0 spiro atoms. The Hall–Kier alpha value is -1.02. The number of nitrogens with two attached hydrogens (primary N) is 1. The first-order chi connectivity index (χ1) is 10.5. The first-order valence-corrected chi connectivity index (χ1v) is 7.88. The molecule has 2 fully saturated rings. The van der Waals surface area contributed by atoms with Gasteiger partial charge in [-0.2, -0.15) is 0 Å². The number of aliphatic imine (C=N–C) groups is 1. The predicted octanol–water partition coefficient (Wildman–Crippen LogP) is 3.24. The quantitative estimate of drug-likeness (QED) is 0.438. The van der Waals surface area contributed by atoms with Crippen molar-refractivity contribution in [2.24, 2.45) is 22.1 Å². The van der Waals surface area contributed by atoms with Crippen LogP contribution in [0.1, 0.15) is 26.7 Å². The summed E-state index contributed by atoms with van der Waals surface area (Å²) < 4.78 is 11.1. The molecule has 0 aromatic heterocycles. The molecule has 3 rings (SSSR count). The van der Waals surface area contributed by atoms with Gasteiger partial charge in [0.15, 0.2) is 5.96 Å². The van der Waals surface area contributed by atoms with Gasteiger partial charge in [-0.1, -0.05) is 13.8 Å². The SMILES string of the molecule is COc1ccc(NC(N)=NC2C3CCCOC3C2(C)C)cc1.I. The Morgan fingerprint density at radius 3 is 2.70 bits per heavy atom. The van der Waals surface area contributed by atoms with Crippen molar-refractivity contribution >= 4 is 35.6 Å². The summed E-state index contributed by atoms with van der Waals surface area (Å²) in [4.78, 5) is 4.73. The molecule has 128 valence electrons. The maximum absolute atomic E-state index is 6.10. The van der Waals surface area contributed by atoms with E-state index in [9.17, 15) is 0 Å². The van der Waals surface area contributed by atoms with Crippen LogP contribution in [0.25, 0.3) is 0 Å². The zero-order chi connectivity index (χ0) is 15.7. The molecule has 1 saturated carbocycles. The molecule has 5 nitrogen and oxygen atoms in total. The molecule has 1 aromatic rings. The van der Waals surface area contributed by atoms with Crippen molar-refractivity contribution in [1.29, 1.82) is 0 Å². The van der Waals surface area contributed by atoms with Crippen molar-refractivity contribution < 1.29 is 9.47 Å². The van der Waals surface area contributed by atoms with E-state index in [1.54, 1.807) is 7.11 Å². The lowest BCUT2D eigenvalue weighted by Gasteiger charge is -2.58. The molecule has 3 N–H and O–H groups in total. The van der Waals surface area contributed by atoms with Gasteiger partial charge in [0.2, 0.25) is 0 Å². The minimum atomic E-state index is 0. The Morgan fingerprint density at radius 1 is 1.35 bits per heavy atom. The molecule has 0 radical (unpaired) electrons. The van der Waals surface area contributed by atoms with Crippen LogP contribution in [0.3, 0.4) is 0 Å². The molecular weight excluding hydrogens is 405 g/mol. The normalized spacial score (nSPS) is 28.8. The molecule has 3 unspecified atom stereocenters. The summed E-state index contributed by atoms with van der Waals surface area (Å²) in [6.45, 7) is 5.31. The molecule has 0 bridgehead atoms. The smallest absolute Gasteiger partial charge is 0.193 e. The third kappa shape index (κ3) is 3.57. The second kappa shape index (κ2) is 7.25. The second-order valence-corrected chi connectivity index (χ2v) is 6.73. The van der Waals surface area contributed by atoms with E-state index in [0.717, 1.165) is 24.5 Å². The van der Waals surface area contributed by atoms with E-state index in [0.29, 0.717) is 18.0 Å². The fraction of sp³-hybridized carbons (Fsp3) is 0.588. The fourth-order valence-electron chi connectivity index (χ4n) is 3.76. The maximum atomic E-state index is 6.10. The zero-order valence-corrected chi connectivity index (χ0v) is 16.2. The van der Waals surface area contributed by atoms with Crippen LogP contribution in [0.2, 0.25) is 0 Å². The van der Waals surface area contributed by atoms with Crippen molar-refractivity contribution in [3.8, 4) is 5.75 Å². The van der Waals surface area contributed by atoms with Crippen LogP contribution in [0.4, 0.5) is 5.69 Å². The van der Waals surface area contributed by atoms with Crippen molar-refractivity contribution in [3.05, 3.63) is 24.3 Å². The first-order valence-electron chi connectivity index (χ1n) is 7.88. The van der Waals surface area contributed by atoms with Gasteiger partial charge in [-0.05, 0) is 37.1 Å². The van der Waals surface area contributed by atoms with Crippen LogP contribution in [0.15, 0.2) is 29.3 Å². The highest BCUT2D eigenvalue weighted by Crippen LogP contribution is 2.53. The van der Waals surface area contributed by atoms with E-state index in [2.05, 4.69) is 19.2 Å². The molecular formula is C17H26IN3O2. The Labute approximate surface area is 155 Å². The summed E-state index contributed by atoms with van der Waals surface area (Å²) in [5.41, 5.74) is 7.06. The van der Waals surface area contributed by atoms with E-state index in [-0.39, 0.29) is 35.4 Å². The van der Waals surface area contributed by atoms with Gasteiger partial charge in [0.25, 0.3) is 0 Å². The molecule has 23 heavy (non-hydrogen) atoms. The lowest BCUT2D eigenvalue weighted by Crippen LogP contribution is -2.64. The lowest BCUT2D eigenvalue weighted by molar-refractivity contribution is -0.182. The number of anilines is 1. The third-order valence-electron chi connectivity index (χ3n) is 4.91. The van der Waals surface area contributed by atoms with E-state index < -0.39 is 0 Å². The number of nitrogens with one attached hydrogen (secondary N) is 1. The van der Waals surface area contributed by atoms with E-state index in [1.807, 2.05) is 24.3 Å². The number of methoxy groups -OCH3 is 1. The number of hydrogen-bond acceptors (Lipinski definition) is 3. The van der Waals surface area contributed by atoms with Gasteiger partial charge >= 0.3 is 0 Å². The number of rotatable bonds is 3. The Bertz CT molecular complexity index is 559. The molecule has 1 aliphatic carbocycles. The van der Waals surface area contributed by atoms with E-state index >= 15 is 0 Å². The average Bonchev–Trinajstić information content (AvgIpc) is 2.53. The molecule has 0 amide bonds. The minimum absolute atomic E-state index is 0. The fourth-order valence-corrected chi connectivity index (χ4v) is 3.76. The Morgan fingerprint density at radius 2 is 2.04 bits per heavy atom. The summed E-state index contributed by atoms with van der Waals surface area (Å²) >= 11 is 0. The van der Waals surface area contributed by atoms with Crippen LogP contribution in [-0.4, -0.2) is 31.8 Å². The topological polar surface area (TPSA) is 68.9 Å². The average molecular weight is 431 g/mol. The van der Waals surface area contributed by atoms with Gasteiger partial charge in [0.1, 0.15) is 5.75 Å². The molecule has 6 heteroatoms. The summed E-state index contributed by atoms with van der Waals surface area (Å²) in [5.74, 6) is 1.79. The van der Waals surface area contributed by atoms with Crippen LogP contribution in [0, 0.1) is 11.3 Å². The summed E-state index contributed by atoms with van der Waals surface area (Å²) in [6.07, 6.45) is 2.62. The maximum Gasteiger partial charge on any atom is 0.193 e. The van der Waals surface area contributed by atoms with Crippen LogP contribution in [-0.2, 0) is 4.74 Å². The van der Waals surface area contributed by atoms with Crippen molar-refractivity contribution in [2.75, 3.05) is 19.0 Å². The zero-order valence-electron chi connectivity index (χ0n) is 13.9. The van der Waals surface area contributed by atoms with E-state index in [1.165, 1.54) is 6.42 Å². The largest absolute Gasteiger partial charge is 0.497 e. The number of fused-ring (bicyclic) bond motifs is 1. The lowest BCUT2D eigenvalue weighted by atomic mass is 9.55. The minimum Gasteiger partial charge on any atom is -0.497 e.